The normalized spacial score (nSPS) is 11.4. The number of rotatable bonds is 14. The second-order valence-corrected chi connectivity index (χ2v) is 14.7. The highest BCUT2D eigenvalue weighted by atomic mass is 19.4. The fourth-order valence-corrected chi connectivity index (χ4v) is 6.41. The molecular formula is C46H42F3N5O7. The lowest BCUT2D eigenvalue weighted by atomic mass is 10.0. The minimum atomic E-state index is -4.71. The van der Waals surface area contributed by atoms with Crippen molar-refractivity contribution in [3.8, 4) is 39.7 Å². The van der Waals surface area contributed by atoms with Gasteiger partial charge in [0.15, 0.2) is 0 Å². The van der Waals surface area contributed by atoms with Crippen LogP contribution in [0.1, 0.15) is 46.5 Å². The summed E-state index contributed by atoms with van der Waals surface area (Å²) in [6.07, 6.45) is -5.28. The SMILES string of the molecule is COC(=O)C(C)(C)NC(=O)CN(Cc1ccc(-c2noc(-c3ccc(-c4ccc(C)cc4)cc3)n2)cc1)C(=O)c1ccc(NC(=O)Cc2ccc(OC)cc2C(F)(F)F)cc1. The van der Waals surface area contributed by atoms with E-state index in [-0.39, 0.29) is 29.1 Å². The maximum Gasteiger partial charge on any atom is 0.416 e. The number of ether oxygens (including phenoxy) is 2. The molecule has 1 aromatic heterocycles. The van der Waals surface area contributed by atoms with Crippen LogP contribution in [0.25, 0.3) is 34.0 Å². The fourth-order valence-electron chi connectivity index (χ4n) is 6.41. The predicted octanol–water partition coefficient (Wildman–Crippen LogP) is 8.30. The van der Waals surface area contributed by atoms with E-state index < -0.39 is 53.9 Å². The maximum atomic E-state index is 14.0. The Labute approximate surface area is 349 Å². The second kappa shape index (κ2) is 18.3. The van der Waals surface area contributed by atoms with Gasteiger partial charge >= 0.3 is 12.1 Å². The van der Waals surface area contributed by atoms with E-state index in [4.69, 9.17) is 14.0 Å². The first-order chi connectivity index (χ1) is 29.0. The van der Waals surface area contributed by atoms with E-state index in [1.54, 1.807) is 24.3 Å². The zero-order chi connectivity index (χ0) is 43.9. The minimum Gasteiger partial charge on any atom is -0.497 e. The molecule has 12 nitrogen and oxygen atoms in total. The summed E-state index contributed by atoms with van der Waals surface area (Å²) < 4.78 is 56.4. The van der Waals surface area contributed by atoms with Crippen molar-refractivity contribution in [2.45, 2.75) is 45.5 Å². The number of carbonyl (C=O) groups is 4. The van der Waals surface area contributed by atoms with Crippen molar-refractivity contribution in [1.29, 1.82) is 0 Å². The molecule has 0 atom stereocenters. The number of esters is 1. The molecule has 0 spiro atoms. The van der Waals surface area contributed by atoms with Crippen molar-refractivity contribution in [1.82, 2.24) is 20.4 Å². The third-order valence-electron chi connectivity index (χ3n) is 9.69. The van der Waals surface area contributed by atoms with E-state index in [1.165, 1.54) is 74.9 Å². The summed E-state index contributed by atoms with van der Waals surface area (Å²) in [6.45, 7) is 4.50. The number of amides is 3. The Morgan fingerprint density at radius 1 is 0.754 bits per heavy atom. The molecule has 6 rings (SSSR count). The van der Waals surface area contributed by atoms with Crippen molar-refractivity contribution in [2.24, 2.45) is 0 Å². The van der Waals surface area contributed by atoms with E-state index in [2.05, 4.69) is 45.0 Å². The number of nitrogens with one attached hydrogen (secondary N) is 2. The molecule has 61 heavy (non-hydrogen) atoms. The average Bonchev–Trinajstić information content (AvgIpc) is 3.74. The Balaban J connectivity index is 1.15. The van der Waals surface area contributed by atoms with Gasteiger partial charge in [0.05, 0.1) is 26.2 Å². The van der Waals surface area contributed by atoms with Crippen LogP contribution in [0.5, 0.6) is 5.75 Å². The van der Waals surface area contributed by atoms with E-state index in [9.17, 15) is 32.3 Å². The molecule has 0 bridgehead atoms. The van der Waals surface area contributed by atoms with Crippen LogP contribution in [0.15, 0.2) is 120 Å². The number of aromatic nitrogens is 2. The molecule has 0 saturated carbocycles. The Morgan fingerprint density at radius 3 is 1.97 bits per heavy atom. The first-order valence-corrected chi connectivity index (χ1v) is 19.0. The smallest absolute Gasteiger partial charge is 0.416 e. The van der Waals surface area contributed by atoms with E-state index in [1.807, 2.05) is 31.2 Å². The second-order valence-electron chi connectivity index (χ2n) is 14.7. The Kier molecular flexibility index (Phi) is 13.0. The molecule has 3 amide bonds. The molecule has 0 unspecified atom stereocenters. The number of hydrogen-bond donors (Lipinski definition) is 2. The van der Waals surface area contributed by atoms with Crippen LogP contribution in [0.2, 0.25) is 0 Å². The van der Waals surface area contributed by atoms with Gasteiger partial charge in [0.2, 0.25) is 17.6 Å². The molecular weight excluding hydrogens is 792 g/mol. The molecule has 0 aliphatic carbocycles. The molecule has 0 fully saturated rings. The van der Waals surface area contributed by atoms with E-state index in [0.717, 1.165) is 22.8 Å². The van der Waals surface area contributed by atoms with Crippen molar-refractivity contribution in [2.75, 3.05) is 26.1 Å². The van der Waals surface area contributed by atoms with Crippen LogP contribution in [0.4, 0.5) is 18.9 Å². The van der Waals surface area contributed by atoms with Gasteiger partial charge in [-0.25, -0.2) is 4.79 Å². The highest BCUT2D eigenvalue weighted by Crippen LogP contribution is 2.35. The summed E-state index contributed by atoms with van der Waals surface area (Å²) in [5, 5.41) is 9.31. The fraction of sp³-hybridized carbons (Fsp3) is 0.217. The van der Waals surface area contributed by atoms with Crippen LogP contribution < -0.4 is 15.4 Å². The van der Waals surface area contributed by atoms with Crippen molar-refractivity contribution < 1.29 is 46.3 Å². The first-order valence-electron chi connectivity index (χ1n) is 19.0. The van der Waals surface area contributed by atoms with Gasteiger partial charge in [0, 0.05) is 28.9 Å². The van der Waals surface area contributed by atoms with Crippen LogP contribution in [0.3, 0.4) is 0 Å². The lowest BCUT2D eigenvalue weighted by molar-refractivity contribution is -0.149. The topological polar surface area (TPSA) is 153 Å². The zero-order valence-electron chi connectivity index (χ0n) is 33.9. The quantitative estimate of drug-likeness (QED) is 0.103. The summed E-state index contributed by atoms with van der Waals surface area (Å²) >= 11 is 0. The molecule has 0 aliphatic heterocycles. The van der Waals surface area contributed by atoms with Crippen LogP contribution in [-0.4, -0.2) is 65.0 Å². The summed E-state index contributed by atoms with van der Waals surface area (Å²) in [5.41, 5.74) is 3.11. The molecule has 15 heteroatoms. The number of alkyl halides is 3. The number of nitrogens with zero attached hydrogens (tertiary/aromatic N) is 3. The van der Waals surface area contributed by atoms with Gasteiger partial charge in [-0.3, -0.25) is 14.4 Å². The van der Waals surface area contributed by atoms with Gasteiger partial charge in [-0.15, -0.1) is 0 Å². The van der Waals surface area contributed by atoms with Gasteiger partial charge in [-0.05, 0) is 91.6 Å². The summed E-state index contributed by atoms with van der Waals surface area (Å²) in [5.74, 6) is -1.90. The third kappa shape index (κ3) is 10.9. The number of hydrogen-bond acceptors (Lipinski definition) is 9. The molecule has 314 valence electrons. The van der Waals surface area contributed by atoms with Gasteiger partial charge in [-0.1, -0.05) is 77.5 Å². The molecule has 0 aliphatic rings. The number of anilines is 1. The van der Waals surface area contributed by atoms with Crippen LogP contribution >= 0.6 is 0 Å². The Hall–Kier alpha value is -7.29. The minimum absolute atomic E-state index is 0.00205. The largest absolute Gasteiger partial charge is 0.497 e. The molecule has 0 radical (unpaired) electrons. The number of aryl methyl sites for hydroxylation is 1. The molecule has 5 aromatic carbocycles. The van der Waals surface area contributed by atoms with Gasteiger partial charge < -0.3 is 29.5 Å². The highest BCUT2D eigenvalue weighted by Gasteiger charge is 2.35. The Bertz CT molecular complexity index is 2520. The van der Waals surface area contributed by atoms with Gasteiger partial charge in [-0.2, -0.15) is 18.2 Å². The van der Waals surface area contributed by atoms with Gasteiger partial charge in [0.25, 0.3) is 11.8 Å². The monoisotopic (exact) mass is 833 g/mol. The molecule has 2 N–H and O–H groups in total. The van der Waals surface area contributed by atoms with Crippen molar-refractivity contribution in [3.63, 3.8) is 0 Å². The van der Waals surface area contributed by atoms with E-state index in [0.29, 0.717) is 22.8 Å². The summed E-state index contributed by atoms with van der Waals surface area (Å²) in [7, 11) is 2.44. The number of methoxy groups -OCH3 is 2. The first kappa shape index (κ1) is 43.3. The summed E-state index contributed by atoms with van der Waals surface area (Å²) in [6, 6.07) is 32.1. The molecule has 1 heterocycles. The van der Waals surface area contributed by atoms with Crippen molar-refractivity contribution >= 4 is 29.4 Å². The average molecular weight is 834 g/mol. The Morgan fingerprint density at radius 2 is 1.36 bits per heavy atom. The number of carbonyl (C=O) groups excluding carboxylic acids is 4. The standard InChI is InChI=1S/C46H42F3N5O7/c1-28-6-10-30(11-7-28)31-14-16-33(17-15-31)42-51-41(53-61-42)32-12-8-29(9-13-32)26-54(27-40(56)52-45(2,3)44(58)60-5)43(57)34-18-21-36(22-19-34)50-39(55)24-35-20-23-37(59-4)25-38(35)46(47,48)49/h6-23,25H,24,26-27H2,1-5H3,(H,50,55)(H,52,56). The third-order valence-corrected chi connectivity index (χ3v) is 9.69. The van der Waals surface area contributed by atoms with E-state index >= 15 is 0 Å². The predicted molar refractivity (Wildman–Crippen MR) is 221 cm³/mol. The zero-order valence-corrected chi connectivity index (χ0v) is 33.9. The van der Waals surface area contributed by atoms with Crippen LogP contribution in [0, 0.1) is 6.92 Å². The lowest BCUT2D eigenvalue weighted by Gasteiger charge is -2.27. The summed E-state index contributed by atoms with van der Waals surface area (Å²) in [4.78, 5) is 58.2. The lowest BCUT2D eigenvalue weighted by Crippen LogP contribution is -2.53. The number of benzene rings is 5. The van der Waals surface area contributed by atoms with Crippen molar-refractivity contribution in [3.05, 3.63) is 143 Å². The number of halogens is 3. The maximum absolute atomic E-state index is 14.0. The van der Waals surface area contributed by atoms with Crippen LogP contribution in [-0.2, 0) is 38.3 Å². The molecule has 6 aromatic rings. The highest BCUT2D eigenvalue weighted by molar-refractivity contribution is 5.98. The van der Waals surface area contributed by atoms with Gasteiger partial charge in [0.1, 0.15) is 17.8 Å². The molecule has 0 saturated heterocycles.